The van der Waals surface area contributed by atoms with Gasteiger partial charge in [-0.25, -0.2) is 0 Å². The van der Waals surface area contributed by atoms with Crippen LogP contribution in [0.5, 0.6) is 0 Å². The Balaban J connectivity index is 3.06. The predicted octanol–water partition coefficient (Wildman–Crippen LogP) is 4.94. The van der Waals surface area contributed by atoms with Crippen molar-refractivity contribution in [3.63, 3.8) is 0 Å². The van der Waals surface area contributed by atoms with Gasteiger partial charge in [-0.1, -0.05) is 20.8 Å². The van der Waals surface area contributed by atoms with Crippen molar-refractivity contribution in [2.24, 2.45) is 5.41 Å². The van der Waals surface area contributed by atoms with Crippen molar-refractivity contribution in [2.75, 3.05) is 5.75 Å². The molecular weight excluding hydrogens is 320 g/mol. The molecule has 1 aromatic rings. The zero-order valence-corrected chi connectivity index (χ0v) is 17.9. The van der Waals surface area contributed by atoms with E-state index in [0.29, 0.717) is 6.42 Å². The molecule has 0 aromatic heterocycles. The van der Waals surface area contributed by atoms with E-state index in [-0.39, 0.29) is 11.2 Å². The Morgan fingerprint density at radius 1 is 0.750 bits per heavy atom. The highest BCUT2D eigenvalue weighted by atomic mass is 32.2. The summed E-state index contributed by atoms with van der Waals surface area (Å²) in [7, 11) is -3.59. The van der Waals surface area contributed by atoms with Gasteiger partial charge in [0, 0.05) is 0 Å². The van der Waals surface area contributed by atoms with E-state index in [2.05, 4.69) is 34.6 Å². The summed E-state index contributed by atoms with van der Waals surface area (Å²) in [5.74, 6) is 0.0101. The third-order valence-electron chi connectivity index (χ3n) is 5.90. The lowest BCUT2D eigenvalue weighted by atomic mass is 9.79. The monoisotopic (exact) mass is 354 g/mol. The Morgan fingerprint density at radius 3 is 1.50 bits per heavy atom. The van der Waals surface area contributed by atoms with Gasteiger partial charge in [0.1, 0.15) is 0 Å². The Hall–Kier alpha value is -0.870. The van der Waals surface area contributed by atoms with Gasteiger partial charge in [-0.15, -0.1) is 0 Å². The molecule has 24 heavy (non-hydrogen) atoms. The predicted molar refractivity (Wildman–Crippen MR) is 102 cm³/mol. The third-order valence-corrected chi connectivity index (χ3v) is 7.27. The van der Waals surface area contributed by atoms with Crippen molar-refractivity contribution < 1.29 is 12.6 Å². The molecule has 0 aliphatic rings. The maximum absolute atomic E-state index is 12.5. The van der Waals surface area contributed by atoms with Crippen LogP contribution in [0.4, 0.5) is 0 Å². The summed E-state index contributed by atoms with van der Waals surface area (Å²) in [6.07, 6.45) is 0.488. The van der Waals surface area contributed by atoms with E-state index in [1.807, 2.05) is 34.6 Å². The lowest BCUT2D eigenvalue weighted by Crippen LogP contribution is -2.41. The molecule has 0 saturated heterocycles. The summed E-state index contributed by atoms with van der Waals surface area (Å²) in [5, 5.41) is 0. The molecule has 0 aliphatic carbocycles. The fourth-order valence-electron chi connectivity index (χ4n) is 2.66. The normalized spacial score (nSPS) is 13.4. The summed E-state index contributed by atoms with van der Waals surface area (Å²) in [6.45, 7) is 20.1. The SMILES string of the molecule is Cc1c(C)c(C)c(CCS(=O)(=O)OC(C)(C)C(C)(C)C)c(C)c1C. The molecule has 0 amide bonds. The van der Waals surface area contributed by atoms with Gasteiger partial charge in [-0.2, -0.15) is 8.42 Å². The van der Waals surface area contributed by atoms with E-state index < -0.39 is 15.7 Å². The second kappa shape index (κ2) is 6.80. The Labute approximate surface area is 148 Å². The molecular formula is C20H34O3S. The highest BCUT2D eigenvalue weighted by molar-refractivity contribution is 7.86. The van der Waals surface area contributed by atoms with E-state index in [4.69, 9.17) is 4.18 Å². The fourth-order valence-corrected chi connectivity index (χ4v) is 4.09. The van der Waals surface area contributed by atoms with Crippen LogP contribution in [0.1, 0.15) is 68.0 Å². The highest BCUT2D eigenvalue weighted by Gasteiger charge is 2.38. The van der Waals surface area contributed by atoms with Crippen molar-refractivity contribution in [1.29, 1.82) is 0 Å². The average molecular weight is 355 g/mol. The molecule has 0 saturated carbocycles. The Morgan fingerprint density at radius 2 is 1.12 bits per heavy atom. The van der Waals surface area contributed by atoms with Gasteiger partial charge in [0.15, 0.2) is 0 Å². The first kappa shape index (κ1) is 21.2. The van der Waals surface area contributed by atoms with Crippen LogP contribution in [0.2, 0.25) is 0 Å². The van der Waals surface area contributed by atoms with Crippen LogP contribution in [0.3, 0.4) is 0 Å². The molecule has 3 nitrogen and oxygen atoms in total. The van der Waals surface area contributed by atoms with Crippen LogP contribution in [0.15, 0.2) is 0 Å². The quantitative estimate of drug-likeness (QED) is 0.703. The lowest BCUT2D eigenvalue weighted by Gasteiger charge is -2.37. The smallest absolute Gasteiger partial charge is 0.263 e. The molecule has 0 atom stereocenters. The number of rotatable bonds is 5. The van der Waals surface area contributed by atoms with Gasteiger partial charge in [-0.05, 0) is 93.7 Å². The first-order valence-electron chi connectivity index (χ1n) is 8.60. The van der Waals surface area contributed by atoms with Crippen molar-refractivity contribution in [3.8, 4) is 0 Å². The van der Waals surface area contributed by atoms with Crippen molar-refractivity contribution in [3.05, 3.63) is 33.4 Å². The zero-order chi connectivity index (χ0) is 19.1. The van der Waals surface area contributed by atoms with Crippen LogP contribution < -0.4 is 0 Å². The largest absolute Gasteiger partial charge is 0.268 e. The van der Waals surface area contributed by atoms with Crippen LogP contribution in [-0.4, -0.2) is 19.8 Å². The minimum absolute atomic E-state index is 0.0101. The van der Waals surface area contributed by atoms with Crippen molar-refractivity contribution in [1.82, 2.24) is 0 Å². The Kier molecular flexibility index (Phi) is 6.00. The third kappa shape index (κ3) is 4.40. The van der Waals surface area contributed by atoms with Gasteiger partial charge in [-0.3, -0.25) is 4.18 Å². The lowest BCUT2D eigenvalue weighted by molar-refractivity contribution is 0.00693. The van der Waals surface area contributed by atoms with E-state index in [1.54, 1.807) is 0 Å². The van der Waals surface area contributed by atoms with E-state index in [1.165, 1.54) is 27.8 Å². The molecule has 4 heteroatoms. The minimum Gasteiger partial charge on any atom is -0.263 e. The molecule has 1 rings (SSSR count). The van der Waals surface area contributed by atoms with Crippen LogP contribution in [0.25, 0.3) is 0 Å². The van der Waals surface area contributed by atoms with E-state index in [9.17, 15) is 8.42 Å². The molecule has 0 radical (unpaired) electrons. The molecule has 0 bridgehead atoms. The van der Waals surface area contributed by atoms with Gasteiger partial charge in [0.05, 0.1) is 11.4 Å². The number of benzene rings is 1. The van der Waals surface area contributed by atoms with E-state index in [0.717, 1.165) is 5.56 Å². The topological polar surface area (TPSA) is 43.4 Å². The van der Waals surface area contributed by atoms with Crippen molar-refractivity contribution >= 4 is 10.1 Å². The maximum atomic E-state index is 12.5. The van der Waals surface area contributed by atoms with Crippen molar-refractivity contribution in [2.45, 2.75) is 81.3 Å². The summed E-state index contributed by atoms with van der Waals surface area (Å²) in [4.78, 5) is 0. The minimum atomic E-state index is -3.59. The van der Waals surface area contributed by atoms with E-state index >= 15 is 0 Å². The molecule has 138 valence electrons. The molecule has 0 spiro atoms. The molecule has 0 N–H and O–H groups in total. The number of hydrogen-bond donors (Lipinski definition) is 0. The zero-order valence-electron chi connectivity index (χ0n) is 17.0. The molecule has 0 unspecified atom stereocenters. The van der Waals surface area contributed by atoms with Gasteiger partial charge in [0.2, 0.25) is 0 Å². The van der Waals surface area contributed by atoms with Crippen LogP contribution in [0, 0.1) is 40.0 Å². The fraction of sp³-hybridized carbons (Fsp3) is 0.700. The first-order chi connectivity index (χ1) is 10.6. The van der Waals surface area contributed by atoms with Gasteiger partial charge in [0.25, 0.3) is 10.1 Å². The van der Waals surface area contributed by atoms with Crippen LogP contribution >= 0.6 is 0 Å². The van der Waals surface area contributed by atoms with Gasteiger partial charge < -0.3 is 0 Å². The molecule has 1 aromatic carbocycles. The Bertz CT molecular complexity index is 691. The summed E-state index contributed by atoms with van der Waals surface area (Å²) >= 11 is 0. The standard InChI is InChI=1S/C20H34O3S/c1-13-14(2)16(4)18(17(5)15(13)3)11-12-24(21,22)23-20(9,10)19(6,7)8/h11-12H2,1-10H3. The number of hydrogen-bond acceptors (Lipinski definition) is 3. The molecule has 0 fully saturated rings. The summed E-state index contributed by atoms with van der Waals surface area (Å²) < 4.78 is 30.6. The second-order valence-corrected chi connectivity index (χ2v) is 10.1. The first-order valence-corrected chi connectivity index (χ1v) is 10.2. The van der Waals surface area contributed by atoms with Crippen LogP contribution in [-0.2, 0) is 20.7 Å². The molecule has 0 heterocycles. The molecule has 0 aliphatic heterocycles. The van der Waals surface area contributed by atoms with Gasteiger partial charge >= 0.3 is 0 Å². The maximum Gasteiger partial charge on any atom is 0.268 e. The summed E-state index contributed by atoms with van der Waals surface area (Å²) in [5.41, 5.74) is 6.32. The second-order valence-electron chi connectivity index (χ2n) is 8.46. The average Bonchev–Trinajstić information content (AvgIpc) is 2.40. The highest BCUT2D eigenvalue weighted by Crippen LogP contribution is 2.35. The summed E-state index contributed by atoms with van der Waals surface area (Å²) in [6, 6.07) is 0.